The van der Waals surface area contributed by atoms with Crippen molar-refractivity contribution >= 4 is 52.5 Å². The topological polar surface area (TPSA) is 58.6 Å². The summed E-state index contributed by atoms with van der Waals surface area (Å²) in [6.07, 6.45) is 0. The van der Waals surface area contributed by atoms with Crippen molar-refractivity contribution in [2.75, 3.05) is 11.5 Å². The van der Waals surface area contributed by atoms with Crippen molar-refractivity contribution in [1.82, 2.24) is 5.32 Å². The molecule has 0 saturated carbocycles. The molecule has 2 aromatic rings. The van der Waals surface area contributed by atoms with E-state index in [2.05, 4.69) is 5.32 Å². The van der Waals surface area contributed by atoms with Gasteiger partial charge >= 0.3 is 0 Å². The summed E-state index contributed by atoms with van der Waals surface area (Å²) in [4.78, 5) is 24.0. The number of benzene rings is 2. The van der Waals surface area contributed by atoms with E-state index in [1.165, 1.54) is 26.2 Å². The minimum Gasteiger partial charge on any atom is -0.495 e. The maximum Gasteiger partial charge on any atom is 0.253 e. The Labute approximate surface area is 160 Å². The zero-order chi connectivity index (χ0) is 18.6. The third-order valence-corrected chi connectivity index (χ3v) is 4.31. The van der Waals surface area contributed by atoms with Crippen molar-refractivity contribution in [3.63, 3.8) is 0 Å². The third-order valence-electron chi connectivity index (χ3n) is 3.36. The van der Waals surface area contributed by atoms with E-state index in [1.54, 1.807) is 24.3 Å². The molecule has 0 bridgehead atoms. The van der Waals surface area contributed by atoms with Gasteiger partial charge in [0.2, 0.25) is 5.91 Å². The van der Waals surface area contributed by atoms with Crippen LogP contribution in [0.4, 0.5) is 5.69 Å². The van der Waals surface area contributed by atoms with Crippen LogP contribution < -0.4 is 14.5 Å². The van der Waals surface area contributed by atoms with Crippen molar-refractivity contribution in [1.29, 1.82) is 0 Å². The quantitative estimate of drug-likeness (QED) is 0.754. The number of nitrogens with zero attached hydrogens (tertiary/aromatic N) is 1. The standard InChI is InChI=1S/C17H15Cl3N2O3/c1-10(23)22(20)15-5-4-12(18)8-13(15)17(24)21-9-11-3-6-16(25-2)14(19)7-11/h3-8H,9H2,1-2H3,(H,21,24). The molecule has 0 radical (unpaired) electrons. The molecule has 0 aliphatic heterocycles. The van der Waals surface area contributed by atoms with Gasteiger partial charge in [0.15, 0.2) is 0 Å². The fourth-order valence-electron chi connectivity index (χ4n) is 2.13. The summed E-state index contributed by atoms with van der Waals surface area (Å²) in [5.74, 6) is -0.288. The van der Waals surface area contributed by atoms with E-state index in [1.807, 2.05) is 0 Å². The number of carbonyl (C=O) groups excluding carboxylic acids is 2. The Morgan fingerprint density at radius 3 is 2.48 bits per heavy atom. The second-order valence-electron chi connectivity index (χ2n) is 5.11. The van der Waals surface area contributed by atoms with Crippen LogP contribution in [0.25, 0.3) is 0 Å². The number of hydrogen-bond acceptors (Lipinski definition) is 3. The lowest BCUT2D eigenvalue weighted by atomic mass is 10.1. The summed E-state index contributed by atoms with van der Waals surface area (Å²) in [6, 6.07) is 9.71. The van der Waals surface area contributed by atoms with Crippen LogP contribution in [0.5, 0.6) is 5.75 Å². The maximum atomic E-state index is 12.5. The Kier molecular flexibility index (Phi) is 6.53. The summed E-state index contributed by atoms with van der Waals surface area (Å²) in [7, 11) is 1.52. The number of halogens is 3. The number of nitrogens with one attached hydrogen (secondary N) is 1. The molecule has 0 saturated heterocycles. The molecular weight excluding hydrogens is 387 g/mol. The average molecular weight is 402 g/mol. The number of hydrogen-bond donors (Lipinski definition) is 1. The van der Waals surface area contributed by atoms with Gasteiger partial charge in [-0.05, 0) is 35.9 Å². The third kappa shape index (κ3) is 4.78. The maximum absolute atomic E-state index is 12.5. The molecule has 8 heteroatoms. The van der Waals surface area contributed by atoms with Crippen LogP contribution in [0.2, 0.25) is 10.0 Å². The smallest absolute Gasteiger partial charge is 0.253 e. The predicted octanol–water partition coefficient (Wildman–Crippen LogP) is 4.44. The van der Waals surface area contributed by atoms with E-state index in [9.17, 15) is 9.59 Å². The van der Waals surface area contributed by atoms with Gasteiger partial charge in [0.05, 0.1) is 23.4 Å². The van der Waals surface area contributed by atoms with Crippen LogP contribution >= 0.6 is 35.0 Å². The zero-order valence-corrected chi connectivity index (χ0v) is 15.7. The van der Waals surface area contributed by atoms with Gasteiger partial charge in [-0.15, -0.1) is 0 Å². The van der Waals surface area contributed by atoms with Gasteiger partial charge in [0.1, 0.15) is 5.75 Å². The molecule has 2 aromatic carbocycles. The highest BCUT2D eigenvalue weighted by Crippen LogP contribution is 2.27. The molecule has 0 aromatic heterocycles. The molecule has 132 valence electrons. The van der Waals surface area contributed by atoms with Crippen LogP contribution in [0, 0.1) is 0 Å². The van der Waals surface area contributed by atoms with Crippen LogP contribution in [0.3, 0.4) is 0 Å². The van der Waals surface area contributed by atoms with Crippen LogP contribution in [-0.4, -0.2) is 18.9 Å². The van der Waals surface area contributed by atoms with Crippen molar-refractivity contribution in [3.8, 4) is 5.75 Å². The van der Waals surface area contributed by atoms with Crippen LogP contribution in [0.15, 0.2) is 36.4 Å². The van der Waals surface area contributed by atoms with E-state index < -0.39 is 11.8 Å². The summed E-state index contributed by atoms with van der Waals surface area (Å²) < 4.78 is 5.96. The molecule has 0 fully saturated rings. The number of ether oxygens (including phenoxy) is 1. The van der Waals surface area contributed by atoms with Crippen LogP contribution in [0.1, 0.15) is 22.8 Å². The van der Waals surface area contributed by atoms with E-state index in [0.717, 1.165) is 9.98 Å². The highest BCUT2D eigenvalue weighted by Gasteiger charge is 2.19. The van der Waals surface area contributed by atoms with Gasteiger partial charge in [-0.3, -0.25) is 9.59 Å². The number of rotatable bonds is 5. The van der Waals surface area contributed by atoms with Gasteiger partial charge in [-0.2, -0.15) is 0 Å². The zero-order valence-electron chi connectivity index (χ0n) is 13.5. The summed E-state index contributed by atoms with van der Waals surface area (Å²) in [5, 5.41) is 3.55. The van der Waals surface area contributed by atoms with Crippen molar-refractivity contribution in [3.05, 3.63) is 57.6 Å². The van der Waals surface area contributed by atoms with Gasteiger partial charge in [0.25, 0.3) is 5.91 Å². The number of carbonyl (C=O) groups is 2. The fraction of sp³-hybridized carbons (Fsp3) is 0.176. The molecule has 0 spiro atoms. The lowest BCUT2D eigenvalue weighted by Gasteiger charge is -2.16. The SMILES string of the molecule is COc1ccc(CNC(=O)c2cc(Cl)ccc2N(Cl)C(C)=O)cc1Cl. The van der Waals surface area contributed by atoms with Gasteiger partial charge in [-0.1, -0.05) is 29.3 Å². The molecule has 5 nitrogen and oxygen atoms in total. The normalized spacial score (nSPS) is 10.3. The Balaban J connectivity index is 2.19. The monoisotopic (exact) mass is 400 g/mol. The first-order valence-corrected chi connectivity index (χ1v) is 8.29. The van der Waals surface area contributed by atoms with Crippen molar-refractivity contribution < 1.29 is 14.3 Å². The largest absolute Gasteiger partial charge is 0.495 e. The van der Waals surface area contributed by atoms with E-state index in [4.69, 9.17) is 39.7 Å². The second kappa shape index (κ2) is 8.43. The van der Waals surface area contributed by atoms with Crippen LogP contribution in [-0.2, 0) is 11.3 Å². The highest BCUT2D eigenvalue weighted by atomic mass is 35.5. The molecule has 0 heterocycles. The van der Waals surface area contributed by atoms with E-state index in [-0.39, 0.29) is 17.8 Å². The summed E-state index contributed by atoms with van der Waals surface area (Å²) in [6.45, 7) is 1.53. The minimum absolute atomic E-state index is 0.192. The molecular formula is C17H15Cl3N2O3. The molecule has 1 N–H and O–H groups in total. The number of methoxy groups -OCH3 is 1. The molecule has 25 heavy (non-hydrogen) atoms. The lowest BCUT2D eigenvalue weighted by molar-refractivity contribution is -0.115. The molecule has 0 aliphatic rings. The Morgan fingerprint density at radius 2 is 1.88 bits per heavy atom. The number of amides is 2. The van der Waals surface area contributed by atoms with E-state index in [0.29, 0.717) is 15.8 Å². The van der Waals surface area contributed by atoms with Crippen molar-refractivity contribution in [2.24, 2.45) is 0 Å². The molecule has 2 amide bonds. The Morgan fingerprint density at radius 1 is 1.16 bits per heavy atom. The minimum atomic E-state index is -0.420. The average Bonchev–Trinajstić information content (AvgIpc) is 2.59. The summed E-state index contributed by atoms with van der Waals surface area (Å²) >= 11 is 18.0. The van der Waals surface area contributed by atoms with Gasteiger partial charge < -0.3 is 10.1 Å². The van der Waals surface area contributed by atoms with Crippen molar-refractivity contribution in [2.45, 2.75) is 13.5 Å². The molecule has 0 atom stereocenters. The fourth-order valence-corrected chi connectivity index (χ4v) is 2.73. The Hall–Kier alpha value is -1.95. The summed E-state index contributed by atoms with van der Waals surface area (Å²) in [5.41, 5.74) is 1.23. The van der Waals surface area contributed by atoms with E-state index >= 15 is 0 Å². The first-order chi connectivity index (χ1) is 11.8. The second-order valence-corrected chi connectivity index (χ2v) is 6.29. The lowest BCUT2D eigenvalue weighted by Crippen LogP contribution is -2.26. The predicted molar refractivity (Wildman–Crippen MR) is 99.6 cm³/mol. The molecule has 0 aliphatic carbocycles. The first kappa shape index (κ1) is 19.4. The Bertz CT molecular complexity index is 812. The molecule has 2 rings (SSSR count). The first-order valence-electron chi connectivity index (χ1n) is 7.20. The highest BCUT2D eigenvalue weighted by molar-refractivity contribution is 6.37. The number of anilines is 1. The van der Waals surface area contributed by atoms with Gasteiger partial charge in [-0.25, -0.2) is 4.42 Å². The van der Waals surface area contributed by atoms with Gasteiger partial charge in [0, 0.05) is 30.3 Å². The molecule has 0 unspecified atom stereocenters.